The largest absolute Gasteiger partial charge is 0.490 e. The van der Waals surface area contributed by atoms with Crippen molar-refractivity contribution < 1.29 is 19.1 Å². The Balaban J connectivity index is 1.58. The average molecular weight is 494 g/mol. The monoisotopic (exact) mass is 493 g/mol. The number of anilines is 1. The zero-order chi connectivity index (χ0) is 25.5. The Morgan fingerprint density at radius 2 is 1.67 bits per heavy atom. The number of hydrogen-bond donors (Lipinski definition) is 0. The van der Waals surface area contributed by atoms with Crippen LogP contribution in [0.5, 0.6) is 11.5 Å². The number of carbonyl (C=O) groups is 2. The van der Waals surface area contributed by atoms with Gasteiger partial charge in [0.05, 0.1) is 19.6 Å². The summed E-state index contributed by atoms with van der Waals surface area (Å²) in [6.45, 7) is 8.85. The summed E-state index contributed by atoms with van der Waals surface area (Å²) in [5, 5.41) is 0. The van der Waals surface area contributed by atoms with Crippen molar-refractivity contribution in [3.05, 3.63) is 53.6 Å². The van der Waals surface area contributed by atoms with Crippen LogP contribution in [-0.4, -0.2) is 68.1 Å². The standard InChI is InChI=1S/C29H39N3O4/c1-22(2)18-29(34)32-13-6-12-30(3)14-15-31(21-24-8-4-5-9-25(24)32)28(33)20-23-10-11-26-27(19-23)36-17-7-16-35-26/h4-5,8-11,19,22H,6-7,12-18,20-21H2,1-3H3. The highest BCUT2D eigenvalue weighted by Gasteiger charge is 2.24. The van der Waals surface area contributed by atoms with Gasteiger partial charge in [0.15, 0.2) is 11.5 Å². The Labute approximate surface area is 215 Å². The summed E-state index contributed by atoms with van der Waals surface area (Å²) in [5.41, 5.74) is 2.83. The van der Waals surface area contributed by atoms with Crippen LogP contribution in [0.3, 0.4) is 0 Å². The number of carbonyl (C=O) groups excluding carboxylic acids is 2. The van der Waals surface area contributed by atoms with Gasteiger partial charge in [-0.05, 0) is 55.3 Å². The normalized spacial score (nSPS) is 17.2. The van der Waals surface area contributed by atoms with Crippen LogP contribution < -0.4 is 14.4 Å². The second-order valence-electron chi connectivity index (χ2n) is 10.3. The molecule has 0 saturated heterocycles. The van der Waals surface area contributed by atoms with E-state index >= 15 is 0 Å². The number of likely N-dealkylation sites (N-methyl/N-ethyl adjacent to an activating group) is 1. The Hall–Kier alpha value is -3.06. The van der Waals surface area contributed by atoms with Gasteiger partial charge in [0.2, 0.25) is 11.8 Å². The highest BCUT2D eigenvalue weighted by atomic mass is 16.5. The minimum absolute atomic E-state index is 0.0620. The maximum Gasteiger partial charge on any atom is 0.227 e. The molecule has 0 radical (unpaired) electrons. The van der Waals surface area contributed by atoms with Crippen molar-refractivity contribution in [3.63, 3.8) is 0 Å². The van der Waals surface area contributed by atoms with Crippen LogP contribution >= 0.6 is 0 Å². The number of nitrogens with zero attached hydrogens (tertiary/aromatic N) is 3. The first-order valence-electron chi connectivity index (χ1n) is 13.1. The third-order valence-electron chi connectivity index (χ3n) is 6.72. The molecule has 2 aromatic rings. The van der Waals surface area contributed by atoms with Crippen LogP contribution in [0, 0.1) is 5.92 Å². The summed E-state index contributed by atoms with van der Waals surface area (Å²) in [5.74, 6) is 1.94. The highest BCUT2D eigenvalue weighted by molar-refractivity contribution is 5.94. The lowest BCUT2D eigenvalue weighted by atomic mass is 10.1. The van der Waals surface area contributed by atoms with Crippen LogP contribution in [0.2, 0.25) is 0 Å². The minimum atomic E-state index is 0.0620. The molecule has 2 aliphatic heterocycles. The van der Waals surface area contributed by atoms with E-state index in [1.807, 2.05) is 52.3 Å². The molecule has 2 amide bonds. The van der Waals surface area contributed by atoms with E-state index in [4.69, 9.17) is 9.47 Å². The van der Waals surface area contributed by atoms with Crippen molar-refractivity contribution in [1.29, 1.82) is 0 Å². The van der Waals surface area contributed by atoms with Crippen LogP contribution in [-0.2, 0) is 22.6 Å². The quantitative estimate of drug-likeness (QED) is 0.641. The molecule has 2 heterocycles. The lowest BCUT2D eigenvalue weighted by Gasteiger charge is -2.28. The number of ether oxygens (including phenoxy) is 2. The summed E-state index contributed by atoms with van der Waals surface area (Å²) in [6.07, 6.45) is 2.54. The molecule has 2 aromatic carbocycles. The lowest BCUT2D eigenvalue weighted by Crippen LogP contribution is -2.38. The second kappa shape index (κ2) is 12.3. The minimum Gasteiger partial charge on any atom is -0.490 e. The molecule has 4 rings (SSSR count). The first-order chi connectivity index (χ1) is 17.4. The molecule has 0 spiro atoms. The third-order valence-corrected chi connectivity index (χ3v) is 6.72. The van der Waals surface area contributed by atoms with Crippen LogP contribution in [0.25, 0.3) is 0 Å². The van der Waals surface area contributed by atoms with E-state index in [0.717, 1.165) is 48.5 Å². The Morgan fingerprint density at radius 1 is 0.889 bits per heavy atom. The number of fused-ring (bicyclic) bond motifs is 2. The van der Waals surface area contributed by atoms with E-state index in [0.29, 0.717) is 57.4 Å². The lowest BCUT2D eigenvalue weighted by molar-refractivity contribution is -0.131. The summed E-state index contributed by atoms with van der Waals surface area (Å²) in [6, 6.07) is 13.8. The molecular weight excluding hydrogens is 454 g/mol. The molecule has 0 unspecified atom stereocenters. The van der Waals surface area contributed by atoms with E-state index in [2.05, 4.69) is 25.8 Å². The van der Waals surface area contributed by atoms with Gasteiger partial charge >= 0.3 is 0 Å². The molecule has 0 saturated carbocycles. The fourth-order valence-electron chi connectivity index (χ4n) is 4.75. The van der Waals surface area contributed by atoms with Crippen molar-refractivity contribution in [1.82, 2.24) is 9.80 Å². The predicted molar refractivity (Wildman–Crippen MR) is 142 cm³/mol. The Bertz CT molecular complexity index is 1050. The fraction of sp³-hybridized carbons (Fsp3) is 0.517. The van der Waals surface area contributed by atoms with Gasteiger partial charge in [0.1, 0.15) is 0 Å². The average Bonchev–Trinajstić information content (AvgIpc) is 3.10. The smallest absolute Gasteiger partial charge is 0.227 e. The number of rotatable bonds is 4. The Kier molecular flexibility index (Phi) is 8.86. The molecule has 0 aliphatic carbocycles. The van der Waals surface area contributed by atoms with E-state index in [1.54, 1.807) is 0 Å². The molecule has 7 nitrogen and oxygen atoms in total. The molecule has 36 heavy (non-hydrogen) atoms. The van der Waals surface area contributed by atoms with E-state index in [1.165, 1.54) is 0 Å². The van der Waals surface area contributed by atoms with Crippen molar-refractivity contribution in [3.8, 4) is 11.5 Å². The van der Waals surface area contributed by atoms with Gasteiger partial charge in [-0.15, -0.1) is 0 Å². The molecule has 0 N–H and O–H groups in total. The molecule has 0 aromatic heterocycles. The highest BCUT2D eigenvalue weighted by Crippen LogP contribution is 2.31. The zero-order valence-corrected chi connectivity index (χ0v) is 21.9. The summed E-state index contributed by atoms with van der Waals surface area (Å²) in [7, 11) is 2.08. The maximum absolute atomic E-state index is 13.6. The fourth-order valence-corrected chi connectivity index (χ4v) is 4.75. The number of benzene rings is 2. The first kappa shape index (κ1) is 26.0. The van der Waals surface area contributed by atoms with Gasteiger partial charge in [0, 0.05) is 44.7 Å². The SMILES string of the molecule is CC(C)CC(=O)N1CCCN(C)CCN(C(=O)Cc2ccc3c(c2)OCCCO3)Cc2ccccc21. The molecule has 0 bridgehead atoms. The molecule has 7 heteroatoms. The maximum atomic E-state index is 13.6. The van der Waals surface area contributed by atoms with Gasteiger partial charge in [0.25, 0.3) is 0 Å². The van der Waals surface area contributed by atoms with Crippen molar-refractivity contribution in [2.75, 3.05) is 51.3 Å². The summed E-state index contributed by atoms with van der Waals surface area (Å²) >= 11 is 0. The molecular formula is C29H39N3O4. The molecule has 194 valence electrons. The first-order valence-corrected chi connectivity index (χ1v) is 13.1. The second-order valence-corrected chi connectivity index (χ2v) is 10.3. The zero-order valence-electron chi connectivity index (χ0n) is 21.9. The summed E-state index contributed by atoms with van der Waals surface area (Å²) in [4.78, 5) is 32.9. The van der Waals surface area contributed by atoms with Crippen molar-refractivity contribution >= 4 is 17.5 Å². The molecule has 0 fully saturated rings. The third kappa shape index (κ3) is 6.78. The Morgan fingerprint density at radius 3 is 2.47 bits per heavy atom. The van der Waals surface area contributed by atoms with Gasteiger partial charge in [-0.25, -0.2) is 0 Å². The number of amides is 2. The topological polar surface area (TPSA) is 62.3 Å². The number of hydrogen-bond acceptors (Lipinski definition) is 5. The van der Waals surface area contributed by atoms with Crippen LogP contribution in [0.1, 0.15) is 44.2 Å². The van der Waals surface area contributed by atoms with Gasteiger partial charge < -0.3 is 24.2 Å². The van der Waals surface area contributed by atoms with Crippen molar-refractivity contribution in [2.45, 2.75) is 46.1 Å². The van der Waals surface area contributed by atoms with Gasteiger partial charge in [-0.1, -0.05) is 38.1 Å². The van der Waals surface area contributed by atoms with Crippen LogP contribution in [0.4, 0.5) is 5.69 Å². The van der Waals surface area contributed by atoms with Gasteiger partial charge in [-0.2, -0.15) is 0 Å². The predicted octanol–water partition coefficient (Wildman–Crippen LogP) is 4.13. The van der Waals surface area contributed by atoms with Crippen LogP contribution in [0.15, 0.2) is 42.5 Å². The van der Waals surface area contributed by atoms with Gasteiger partial charge in [-0.3, -0.25) is 9.59 Å². The van der Waals surface area contributed by atoms with E-state index in [9.17, 15) is 9.59 Å². The van der Waals surface area contributed by atoms with Crippen molar-refractivity contribution in [2.24, 2.45) is 5.92 Å². The molecule has 2 aliphatic rings. The van der Waals surface area contributed by atoms with E-state index < -0.39 is 0 Å². The molecule has 0 atom stereocenters. The number of para-hydroxylation sites is 1. The summed E-state index contributed by atoms with van der Waals surface area (Å²) < 4.78 is 11.6. The van der Waals surface area contributed by atoms with E-state index in [-0.39, 0.29) is 11.8 Å².